The van der Waals surface area contributed by atoms with Gasteiger partial charge in [-0.05, 0) is 25.0 Å². The maximum atomic E-state index is 12.8. The molecule has 15 heteroatoms. The Bertz CT molecular complexity index is 1520. The molecule has 5 atom stereocenters. The monoisotopic (exact) mass is 648 g/mol. The van der Waals surface area contributed by atoms with E-state index in [9.17, 15) is 28.8 Å². The first kappa shape index (κ1) is 35.6. The predicted octanol–water partition coefficient (Wildman–Crippen LogP) is 2.92. The first-order valence-corrected chi connectivity index (χ1v) is 14.3. The topological polar surface area (TPSA) is 189 Å². The molecule has 15 nitrogen and oxygen atoms in total. The summed E-state index contributed by atoms with van der Waals surface area (Å²) in [6, 6.07) is 4.23. The van der Waals surface area contributed by atoms with Crippen molar-refractivity contribution in [3.05, 3.63) is 40.8 Å². The number of carbonyl (C=O) groups excluding carboxylic acids is 5. The van der Waals surface area contributed by atoms with Crippen molar-refractivity contribution < 1.29 is 66.3 Å². The van der Waals surface area contributed by atoms with Crippen molar-refractivity contribution in [2.45, 2.75) is 85.1 Å². The Labute approximate surface area is 263 Å². The third-order valence-corrected chi connectivity index (χ3v) is 6.17. The van der Waals surface area contributed by atoms with Gasteiger partial charge in [-0.25, -0.2) is 4.79 Å². The van der Waals surface area contributed by atoms with E-state index in [2.05, 4.69) is 0 Å². The lowest BCUT2D eigenvalue weighted by atomic mass is 9.98. The molecule has 2 aromatic rings. The Morgan fingerprint density at radius 2 is 1.46 bits per heavy atom. The molecular formula is C31H36O15. The number of hydrogen-bond acceptors (Lipinski definition) is 15. The minimum absolute atomic E-state index is 0.0219. The molecule has 0 N–H and O–H groups in total. The molecule has 1 aliphatic heterocycles. The van der Waals surface area contributed by atoms with E-state index < -0.39 is 78.5 Å². The summed E-state index contributed by atoms with van der Waals surface area (Å²) < 4.78 is 49.6. The zero-order chi connectivity index (χ0) is 34.0. The summed E-state index contributed by atoms with van der Waals surface area (Å²) in [4.78, 5) is 72.3. The Morgan fingerprint density at radius 1 is 0.804 bits per heavy atom. The fourth-order valence-corrected chi connectivity index (χ4v) is 4.52. The van der Waals surface area contributed by atoms with Crippen LogP contribution in [-0.2, 0) is 47.7 Å². The van der Waals surface area contributed by atoms with E-state index >= 15 is 0 Å². The number of esters is 5. The quantitative estimate of drug-likeness (QED) is 0.101. The highest BCUT2D eigenvalue weighted by molar-refractivity contribution is 5.87. The zero-order valence-electron chi connectivity index (χ0n) is 26.2. The van der Waals surface area contributed by atoms with Crippen LogP contribution in [0.1, 0.15) is 54.4 Å². The van der Waals surface area contributed by atoms with Gasteiger partial charge in [0.15, 0.2) is 18.0 Å². The summed E-state index contributed by atoms with van der Waals surface area (Å²) in [5.74, 6) is -4.25. The summed E-state index contributed by atoms with van der Waals surface area (Å²) in [6.07, 6.45) is -1.86. The van der Waals surface area contributed by atoms with Crippen LogP contribution >= 0.6 is 0 Å². The van der Waals surface area contributed by atoms with Gasteiger partial charge < -0.3 is 42.3 Å². The van der Waals surface area contributed by atoms with Crippen molar-refractivity contribution in [3.63, 3.8) is 0 Å². The van der Waals surface area contributed by atoms with Crippen molar-refractivity contribution in [2.24, 2.45) is 0 Å². The summed E-state index contributed by atoms with van der Waals surface area (Å²) in [5, 5.41) is 0.268. The SMILES string of the molecule is CC/C=C/CCOc1c(OC(C)=O)c(=O)oc2cc(O[C@@H]3O[C@H](COC(C)=O)[C@@H](OC(C)=O)[C@H](OC(C)=O)[C@H]3OC(C)=O)ccc12. The molecule has 2 heterocycles. The molecule has 3 rings (SSSR count). The highest BCUT2D eigenvalue weighted by atomic mass is 16.7. The lowest BCUT2D eigenvalue weighted by Gasteiger charge is -2.43. The molecule has 1 saturated heterocycles. The van der Waals surface area contributed by atoms with Gasteiger partial charge in [0.2, 0.25) is 12.4 Å². The fourth-order valence-electron chi connectivity index (χ4n) is 4.52. The van der Waals surface area contributed by atoms with Gasteiger partial charge in [-0.15, -0.1) is 0 Å². The van der Waals surface area contributed by atoms with Gasteiger partial charge in [0.25, 0.3) is 5.75 Å². The van der Waals surface area contributed by atoms with Crippen molar-refractivity contribution in [2.75, 3.05) is 13.2 Å². The van der Waals surface area contributed by atoms with Crippen LogP contribution < -0.4 is 19.8 Å². The molecule has 0 bridgehead atoms. The van der Waals surface area contributed by atoms with Crippen LogP contribution in [-0.4, -0.2) is 73.8 Å². The second kappa shape index (κ2) is 16.4. The Hall–Kier alpha value is -4.92. The molecule has 0 amide bonds. The number of rotatable bonds is 13. The Balaban J connectivity index is 2.05. The smallest absolute Gasteiger partial charge is 0.383 e. The highest BCUT2D eigenvalue weighted by Crippen LogP contribution is 2.36. The maximum absolute atomic E-state index is 12.8. The van der Waals surface area contributed by atoms with Crippen molar-refractivity contribution in [1.29, 1.82) is 0 Å². The van der Waals surface area contributed by atoms with Crippen LogP contribution in [0.4, 0.5) is 0 Å². The molecular weight excluding hydrogens is 612 g/mol. The second-order valence-electron chi connectivity index (χ2n) is 10.0. The maximum Gasteiger partial charge on any atom is 0.383 e. The third-order valence-electron chi connectivity index (χ3n) is 6.17. The molecule has 0 spiro atoms. The van der Waals surface area contributed by atoms with Gasteiger partial charge in [0.05, 0.1) is 12.0 Å². The molecule has 46 heavy (non-hydrogen) atoms. The first-order chi connectivity index (χ1) is 21.8. The van der Waals surface area contributed by atoms with E-state index in [1.165, 1.54) is 18.2 Å². The molecule has 1 fully saturated rings. The second-order valence-corrected chi connectivity index (χ2v) is 10.0. The number of fused-ring (bicyclic) bond motifs is 1. The lowest BCUT2D eigenvalue weighted by molar-refractivity contribution is -0.288. The summed E-state index contributed by atoms with van der Waals surface area (Å²) in [6.45, 7) is 7.26. The third kappa shape index (κ3) is 9.79. The van der Waals surface area contributed by atoms with Gasteiger partial charge in [-0.2, -0.15) is 0 Å². The van der Waals surface area contributed by atoms with E-state index in [1.807, 2.05) is 19.1 Å². The summed E-state index contributed by atoms with van der Waals surface area (Å²) in [7, 11) is 0. The molecule has 0 aliphatic carbocycles. The highest BCUT2D eigenvalue weighted by Gasteiger charge is 2.53. The van der Waals surface area contributed by atoms with Gasteiger partial charge in [0.1, 0.15) is 24.0 Å². The Morgan fingerprint density at radius 3 is 2.07 bits per heavy atom. The molecule has 250 valence electrons. The summed E-state index contributed by atoms with van der Waals surface area (Å²) >= 11 is 0. The largest absolute Gasteiger partial charge is 0.488 e. The molecule has 1 aromatic carbocycles. The van der Waals surface area contributed by atoms with Crippen molar-refractivity contribution in [3.8, 4) is 17.2 Å². The number of carbonyl (C=O) groups is 5. The molecule has 1 aromatic heterocycles. The van der Waals surface area contributed by atoms with Crippen molar-refractivity contribution in [1.82, 2.24) is 0 Å². The fraction of sp³-hybridized carbons (Fsp3) is 0.484. The van der Waals surface area contributed by atoms with Crippen LogP contribution in [0.5, 0.6) is 17.2 Å². The average molecular weight is 649 g/mol. The number of hydrogen-bond donors (Lipinski definition) is 0. The van der Waals surface area contributed by atoms with E-state index in [0.717, 1.165) is 41.0 Å². The van der Waals surface area contributed by atoms with E-state index in [1.54, 1.807) is 0 Å². The molecule has 0 radical (unpaired) electrons. The van der Waals surface area contributed by atoms with Crippen LogP contribution in [0.15, 0.2) is 39.6 Å². The molecule has 0 saturated carbocycles. The van der Waals surface area contributed by atoms with Gasteiger partial charge in [-0.3, -0.25) is 24.0 Å². The van der Waals surface area contributed by atoms with Gasteiger partial charge in [-0.1, -0.05) is 19.1 Å². The summed E-state index contributed by atoms with van der Waals surface area (Å²) in [5.41, 5.74) is -1.02. The van der Waals surface area contributed by atoms with Crippen LogP contribution in [0.2, 0.25) is 0 Å². The molecule has 0 unspecified atom stereocenters. The number of benzene rings is 1. The molecule has 1 aliphatic rings. The first-order valence-electron chi connectivity index (χ1n) is 14.3. The van der Waals surface area contributed by atoms with Gasteiger partial charge in [0, 0.05) is 40.7 Å². The lowest BCUT2D eigenvalue weighted by Crippen LogP contribution is -2.63. The van der Waals surface area contributed by atoms with Gasteiger partial charge >= 0.3 is 35.5 Å². The van der Waals surface area contributed by atoms with E-state index in [4.69, 9.17) is 42.3 Å². The van der Waals surface area contributed by atoms with Crippen LogP contribution in [0.25, 0.3) is 11.0 Å². The van der Waals surface area contributed by atoms with E-state index in [0.29, 0.717) is 6.42 Å². The Kier molecular flexibility index (Phi) is 12.7. The van der Waals surface area contributed by atoms with Crippen molar-refractivity contribution >= 4 is 40.8 Å². The number of allylic oxidation sites excluding steroid dienone is 1. The number of ether oxygens (including phenoxy) is 8. The van der Waals surface area contributed by atoms with Crippen LogP contribution in [0, 0.1) is 0 Å². The minimum atomic E-state index is -1.52. The van der Waals surface area contributed by atoms with E-state index in [-0.39, 0.29) is 29.1 Å². The average Bonchev–Trinajstić information content (AvgIpc) is 2.95. The predicted molar refractivity (Wildman–Crippen MR) is 156 cm³/mol. The van der Waals surface area contributed by atoms with Crippen LogP contribution in [0.3, 0.4) is 0 Å². The standard InChI is InChI=1S/C31H36O15/c1-7-8-9-10-13-38-25-22-12-11-21(14-23(22)45-30(37)28(25)42-19(5)35)44-31-29(43-20(6)36)27(41-18(4)34)26(40-17(3)33)24(46-31)15-39-16(2)32/h8-9,11-12,14,24,26-27,29,31H,7,10,13,15H2,1-6H3/b9-8+/t24-,26-,27+,29-,31-/m1/s1. The zero-order valence-corrected chi connectivity index (χ0v) is 26.2. The normalized spacial score (nSPS) is 20.9. The minimum Gasteiger partial charge on any atom is -0.488 e.